The van der Waals surface area contributed by atoms with Gasteiger partial charge in [-0.25, -0.2) is 0 Å². The zero-order valence-corrected chi connectivity index (χ0v) is 16.7. The molecule has 0 saturated carbocycles. The molecule has 0 bridgehead atoms. The van der Waals surface area contributed by atoms with E-state index in [0.29, 0.717) is 44.0 Å². The van der Waals surface area contributed by atoms with Gasteiger partial charge in [0.2, 0.25) is 5.91 Å². The van der Waals surface area contributed by atoms with E-state index in [9.17, 15) is 14.7 Å². The molecule has 152 valence electrons. The van der Waals surface area contributed by atoms with Gasteiger partial charge >= 0.3 is 5.97 Å². The van der Waals surface area contributed by atoms with Gasteiger partial charge in [0.15, 0.2) is 11.5 Å². The number of rotatable bonds is 6. The summed E-state index contributed by atoms with van der Waals surface area (Å²) in [5.74, 6) is 0.728. The molecule has 7 nitrogen and oxygen atoms in total. The van der Waals surface area contributed by atoms with Crippen molar-refractivity contribution in [2.45, 2.75) is 32.6 Å². The van der Waals surface area contributed by atoms with Crippen LogP contribution in [-0.4, -0.2) is 61.4 Å². The van der Waals surface area contributed by atoms with Crippen molar-refractivity contribution in [1.82, 2.24) is 4.90 Å². The molecule has 0 aliphatic carbocycles. The fourth-order valence-corrected chi connectivity index (χ4v) is 4.31. The van der Waals surface area contributed by atoms with E-state index >= 15 is 0 Å². The van der Waals surface area contributed by atoms with Crippen molar-refractivity contribution in [2.24, 2.45) is 16.8 Å². The lowest BCUT2D eigenvalue weighted by molar-refractivity contribution is -0.139. The summed E-state index contributed by atoms with van der Waals surface area (Å²) in [6.07, 6.45) is 2.33. The number of amides is 1. The van der Waals surface area contributed by atoms with Gasteiger partial charge in [0, 0.05) is 44.3 Å². The Morgan fingerprint density at radius 1 is 1.21 bits per heavy atom. The molecule has 1 fully saturated rings. The number of carbonyl (C=O) groups is 2. The first-order valence-corrected chi connectivity index (χ1v) is 9.68. The SMILES string of the molecule is COc1cc2c(cc1OC)C(C[C@H]1CN(C(C)=O)CC[C@H]1CC(=O)O)=NCC2. The first kappa shape index (κ1) is 20.2. The van der Waals surface area contributed by atoms with E-state index < -0.39 is 5.97 Å². The lowest BCUT2D eigenvalue weighted by Crippen LogP contribution is -2.44. The molecule has 2 aliphatic heterocycles. The normalized spacial score (nSPS) is 21.5. The minimum absolute atomic E-state index is 0.0381. The lowest BCUT2D eigenvalue weighted by Gasteiger charge is -2.38. The molecule has 1 aromatic carbocycles. The van der Waals surface area contributed by atoms with Gasteiger partial charge in [0.05, 0.1) is 14.2 Å². The second-order valence-corrected chi connectivity index (χ2v) is 7.52. The molecule has 0 radical (unpaired) electrons. The Morgan fingerprint density at radius 2 is 1.93 bits per heavy atom. The Bertz CT molecular complexity index is 789. The molecule has 2 atom stereocenters. The topological polar surface area (TPSA) is 88.4 Å². The van der Waals surface area contributed by atoms with Gasteiger partial charge in [-0.05, 0) is 48.8 Å². The van der Waals surface area contributed by atoms with E-state index in [2.05, 4.69) is 0 Å². The number of carbonyl (C=O) groups excluding carboxylic acids is 1. The molecule has 2 aliphatic rings. The van der Waals surface area contributed by atoms with Gasteiger partial charge in [0.1, 0.15) is 0 Å². The predicted molar refractivity (Wildman–Crippen MR) is 105 cm³/mol. The third-order valence-electron chi connectivity index (χ3n) is 5.83. The monoisotopic (exact) mass is 388 g/mol. The lowest BCUT2D eigenvalue weighted by atomic mass is 9.78. The van der Waals surface area contributed by atoms with Crippen molar-refractivity contribution in [3.05, 3.63) is 23.3 Å². The second-order valence-electron chi connectivity index (χ2n) is 7.52. The second kappa shape index (κ2) is 8.63. The van der Waals surface area contributed by atoms with Crippen molar-refractivity contribution in [1.29, 1.82) is 0 Å². The van der Waals surface area contributed by atoms with E-state index in [1.54, 1.807) is 21.1 Å². The maximum atomic E-state index is 11.9. The third-order valence-corrected chi connectivity index (χ3v) is 5.83. The molecule has 3 rings (SSSR count). The minimum atomic E-state index is -0.788. The van der Waals surface area contributed by atoms with Crippen molar-refractivity contribution >= 4 is 17.6 Å². The number of benzene rings is 1. The molecule has 28 heavy (non-hydrogen) atoms. The quantitative estimate of drug-likeness (QED) is 0.808. The van der Waals surface area contributed by atoms with E-state index in [0.717, 1.165) is 23.3 Å². The van der Waals surface area contributed by atoms with Crippen LogP contribution >= 0.6 is 0 Å². The molecular formula is C21H28N2O5. The Kier molecular flexibility index (Phi) is 6.21. The van der Waals surface area contributed by atoms with E-state index in [-0.39, 0.29) is 24.2 Å². The van der Waals surface area contributed by atoms with Gasteiger partial charge in [-0.3, -0.25) is 14.6 Å². The first-order valence-electron chi connectivity index (χ1n) is 9.68. The average Bonchev–Trinajstić information content (AvgIpc) is 2.67. The zero-order valence-electron chi connectivity index (χ0n) is 16.7. The molecule has 2 heterocycles. The summed E-state index contributed by atoms with van der Waals surface area (Å²) in [5.41, 5.74) is 3.17. The van der Waals surface area contributed by atoms with Gasteiger partial charge < -0.3 is 19.5 Å². The van der Waals surface area contributed by atoms with E-state index in [4.69, 9.17) is 14.5 Å². The Balaban J connectivity index is 1.87. The Morgan fingerprint density at radius 3 is 2.57 bits per heavy atom. The van der Waals surface area contributed by atoms with Gasteiger partial charge in [0.25, 0.3) is 0 Å². The van der Waals surface area contributed by atoms with Crippen LogP contribution in [0.3, 0.4) is 0 Å². The van der Waals surface area contributed by atoms with Crippen LogP contribution in [-0.2, 0) is 16.0 Å². The molecule has 1 aromatic rings. The largest absolute Gasteiger partial charge is 0.493 e. The maximum Gasteiger partial charge on any atom is 0.303 e. The smallest absolute Gasteiger partial charge is 0.303 e. The number of hydrogen-bond acceptors (Lipinski definition) is 5. The summed E-state index contributed by atoms with van der Waals surface area (Å²) in [6, 6.07) is 3.96. The number of aliphatic carboxylic acids is 1. The number of fused-ring (bicyclic) bond motifs is 1. The summed E-state index contributed by atoms with van der Waals surface area (Å²) in [5, 5.41) is 9.31. The highest BCUT2D eigenvalue weighted by atomic mass is 16.5. The van der Waals surface area contributed by atoms with Gasteiger partial charge in [-0.2, -0.15) is 0 Å². The van der Waals surface area contributed by atoms with Crippen LogP contribution in [0, 0.1) is 11.8 Å². The van der Waals surface area contributed by atoms with Crippen LogP contribution in [0.15, 0.2) is 17.1 Å². The van der Waals surface area contributed by atoms with Crippen molar-refractivity contribution < 1.29 is 24.2 Å². The van der Waals surface area contributed by atoms with Crippen molar-refractivity contribution in [2.75, 3.05) is 33.9 Å². The fourth-order valence-electron chi connectivity index (χ4n) is 4.31. The highest BCUT2D eigenvalue weighted by Crippen LogP contribution is 2.36. The predicted octanol–water partition coefficient (Wildman–Crippen LogP) is 2.40. The third kappa shape index (κ3) is 4.29. The van der Waals surface area contributed by atoms with Crippen LogP contribution in [0.5, 0.6) is 11.5 Å². The number of carboxylic acid groups (broad SMARTS) is 1. The molecule has 1 N–H and O–H groups in total. The summed E-state index contributed by atoms with van der Waals surface area (Å²) in [6.45, 7) is 3.47. The minimum Gasteiger partial charge on any atom is -0.493 e. The molecule has 0 unspecified atom stereocenters. The molecular weight excluding hydrogens is 360 g/mol. The molecule has 7 heteroatoms. The highest BCUT2D eigenvalue weighted by Gasteiger charge is 2.33. The standard InChI is InChI=1S/C21H28N2O5/c1-13(24)23-7-5-14(10-21(25)26)16(12-23)8-18-17-11-20(28-3)19(27-2)9-15(17)4-6-22-18/h9,11,14,16H,4-8,10,12H2,1-3H3,(H,25,26)/t14-,16-/m0/s1. The molecule has 0 aromatic heterocycles. The average molecular weight is 388 g/mol. The number of aliphatic imine (C=N–C) groups is 1. The number of ether oxygens (including phenoxy) is 2. The highest BCUT2D eigenvalue weighted by molar-refractivity contribution is 6.03. The number of hydrogen-bond donors (Lipinski definition) is 1. The number of nitrogens with zero attached hydrogens (tertiary/aromatic N) is 2. The Hall–Kier alpha value is -2.57. The number of piperidine rings is 1. The Labute approximate surface area is 165 Å². The zero-order chi connectivity index (χ0) is 20.3. The van der Waals surface area contributed by atoms with Crippen molar-refractivity contribution in [3.63, 3.8) is 0 Å². The van der Waals surface area contributed by atoms with Gasteiger partial charge in [-0.15, -0.1) is 0 Å². The van der Waals surface area contributed by atoms with E-state index in [1.807, 2.05) is 17.0 Å². The summed E-state index contributed by atoms with van der Waals surface area (Å²) in [4.78, 5) is 29.8. The van der Waals surface area contributed by atoms with Crippen LogP contribution in [0.1, 0.15) is 37.3 Å². The number of carboxylic acids is 1. The van der Waals surface area contributed by atoms with E-state index in [1.165, 1.54) is 0 Å². The van der Waals surface area contributed by atoms with Crippen LogP contribution in [0.4, 0.5) is 0 Å². The summed E-state index contributed by atoms with van der Waals surface area (Å²) in [7, 11) is 3.23. The maximum absolute atomic E-state index is 11.9. The summed E-state index contributed by atoms with van der Waals surface area (Å²) < 4.78 is 10.9. The molecule has 1 amide bonds. The number of likely N-dealkylation sites (tertiary alicyclic amines) is 1. The fraction of sp³-hybridized carbons (Fsp3) is 0.571. The summed E-state index contributed by atoms with van der Waals surface area (Å²) >= 11 is 0. The molecule has 0 spiro atoms. The number of methoxy groups -OCH3 is 2. The molecule has 1 saturated heterocycles. The van der Waals surface area contributed by atoms with Crippen molar-refractivity contribution in [3.8, 4) is 11.5 Å². The van der Waals surface area contributed by atoms with Crippen LogP contribution < -0.4 is 9.47 Å². The first-order chi connectivity index (χ1) is 13.4. The van der Waals surface area contributed by atoms with Crippen LogP contribution in [0.2, 0.25) is 0 Å². The van der Waals surface area contributed by atoms with Crippen LogP contribution in [0.25, 0.3) is 0 Å². The van der Waals surface area contributed by atoms with Gasteiger partial charge in [-0.1, -0.05) is 0 Å².